The minimum Gasteiger partial charge on any atom is -0.369 e. The van der Waals surface area contributed by atoms with Gasteiger partial charge in [0.15, 0.2) is 5.95 Å². The number of fused-ring (bicyclic) bond motifs is 1. The second kappa shape index (κ2) is 4.27. The molecule has 3 rings (SSSR count). The molecule has 0 amide bonds. The summed E-state index contributed by atoms with van der Waals surface area (Å²) in [5, 5.41) is 0. The van der Waals surface area contributed by atoms with Crippen LogP contribution < -0.4 is 5.73 Å². The van der Waals surface area contributed by atoms with Crippen molar-refractivity contribution in [3.8, 4) is 0 Å². The van der Waals surface area contributed by atoms with E-state index in [4.69, 9.17) is 5.73 Å². The number of hydrogen-bond acceptors (Lipinski definition) is 3. The predicted octanol–water partition coefficient (Wildman–Crippen LogP) is 2.31. The highest BCUT2D eigenvalue weighted by molar-refractivity contribution is 7.85. The van der Waals surface area contributed by atoms with Gasteiger partial charge in [0.2, 0.25) is 0 Å². The Labute approximate surface area is 106 Å². The van der Waals surface area contributed by atoms with Gasteiger partial charge in [-0.05, 0) is 30.3 Å². The number of imidazole rings is 1. The Kier molecular flexibility index (Phi) is 2.60. The minimum absolute atomic E-state index is 0.368. The third-order valence-electron chi connectivity index (χ3n) is 2.64. The molecule has 1 heterocycles. The number of aromatic amines is 1. The molecule has 0 aliphatic carbocycles. The van der Waals surface area contributed by atoms with Crippen LogP contribution in [0.2, 0.25) is 0 Å². The summed E-state index contributed by atoms with van der Waals surface area (Å²) in [6.07, 6.45) is 0. The van der Waals surface area contributed by atoms with Gasteiger partial charge in [-0.25, -0.2) is 9.19 Å². The van der Waals surface area contributed by atoms with Crippen molar-refractivity contribution >= 4 is 27.8 Å². The molecule has 1 atom stereocenters. The van der Waals surface area contributed by atoms with E-state index in [1.165, 1.54) is 0 Å². The first-order chi connectivity index (χ1) is 8.74. The van der Waals surface area contributed by atoms with Crippen LogP contribution in [0.5, 0.6) is 0 Å². The number of nitrogens with two attached hydrogens (primary N) is 1. The summed E-state index contributed by atoms with van der Waals surface area (Å²) in [7, 11) is -1.18. The smallest absolute Gasteiger partial charge is 0.198 e. The predicted molar refractivity (Wildman–Crippen MR) is 71.6 cm³/mol. The van der Waals surface area contributed by atoms with E-state index in [0.717, 1.165) is 20.8 Å². The number of H-pyrrole nitrogens is 1. The molecule has 4 nitrogen and oxygen atoms in total. The van der Waals surface area contributed by atoms with Crippen LogP contribution in [-0.2, 0) is 10.8 Å². The van der Waals surface area contributed by atoms with Crippen LogP contribution in [0.15, 0.2) is 58.3 Å². The van der Waals surface area contributed by atoms with Gasteiger partial charge in [-0.2, -0.15) is 0 Å². The van der Waals surface area contributed by atoms with Crippen LogP contribution >= 0.6 is 0 Å². The van der Waals surface area contributed by atoms with Crippen molar-refractivity contribution in [1.29, 1.82) is 0 Å². The normalized spacial score (nSPS) is 12.7. The third-order valence-corrected chi connectivity index (χ3v) is 4.03. The lowest BCUT2D eigenvalue weighted by atomic mass is 10.3. The van der Waals surface area contributed by atoms with Crippen molar-refractivity contribution in [3.63, 3.8) is 0 Å². The first kappa shape index (κ1) is 11.0. The number of nitrogen functional groups attached to an aromatic ring is 1. The molecule has 1 aromatic heterocycles. The number of nitrogens with zero attached hydrogens (tertiary/aromatic N) is 1. The fraction of sp³-hybridized carbons (Fsp3) is 0. The molecule has 0 unspecified atom stereocenters. The van der Waals surface area contributed by atoms with Gasteiger partial charge in [0.25, 0.3) is 0 Å². The number of anilines is 1. The van der Waals surface area contributed by atoms with E-state index < -0.39 is 10.8 Å². The lowest BCUT2D eigenvalue weighted by Gasteiger charge is -2.01. The van der Waals surface area contributed by atoms with Crippen LogP contribution in [0, 0.1) is 0 Å². The molecule has 0 fully saturated rings. The molecule has 0 saturated heterocycles. The zero-order valence-corrected chi connectivity index (χ0v) is 10.3. The van der Waals surface area contributed by atoms with Crippen LogP contribution in [0.1, 0.15) is 0 Å². The van der Waals surface area contributed by atoms with Gasteiger partial charge in [-0.15, -0.1) is 0 Å². The fourth-order valence-electron chi connectivity index (χ4n) is 1.80. The topological polar surface area (TPSA) is 71.8 Å². The molecule has 0 aliphatic rings. The number of rotatable bonds is 2. The maximum absolute atomic E-state index is 12.3. The molecule has 5 heteroatoms. The molecule has 3 N–H and O–H groups in total. The molecule has 0 aliphatic heterocycles. The molecule has 90 valence electrons. The first-order valence-electron chi connectivity index (χ1n) is 5.46. The fourth-order valence-corrected chi connectivity index (χ4v) is 2.90. The Morgan fingerprint density at radius 3 is 2.61 bits per heavy atom. The summed E-state index contributed by atoms with van der Waals surface area (Å²) >= 11 is 0. The minimum atomic E-state index is -1.18. The van der Waals surface area contributed by atoms with Gasteiger partial charge in [0.1, 0.15) is 0 Å². The Bertz CT molecular complexity index is 721. The lowest BCUT2D eigenvalue weighted by molar-refractivity contribution is 0.683. The lowest BCUT2D eigenvalue weighted by Crippen LogP contribution is -1.92. The van der Waals surface area contributed by atoms with Gasteiger partial charge < -0.3 is 10.7 Å². The highest BCUT2D eigenvalue weighted by atomic mass is 32.2. The highest BCUT2D eigenvalue weighted by Gasteiger charge is 2.08. The van der Waals surface area contributed by atoms with Crippen LogP contribution in [-0.4, -0.2) is 14.2 Å². The van der Waals surface area contributed by atoms with E-state index in [1.54, 1.807) is 0 Å². The van der Waals surface area contributed by atoms with E-state index in [0.29, 0.717) is 5.95 Å². The van der Waals surface area contributed by atoms with Crippen molar-refractivity contribution in [3.05, 3.63) is 48.5 Å². The number of nitrogens with one attached hydrogen (secondary N) is 1. The molecular weight excluding hydrogens is 246 g/mol. The van der Waals surface area contributed by atoms with E-state index in [2.05, 4.69) is 9.97 Å². The summed E-state index contributed by atoms with van der Waals surface area (Å²) in [6, 6.07) is 14.8. The number of benzene rings is 2. The van der Waals surface area contributed by atoms with E-state index in [-0.39, 0.29) is 0 Å². The maximum atomic E-state index is 12.3. The second-order valence-electron chi connectivity index (χ2n) is 3.88. The van der Waals surface area contributed by atoms with Crippen LogP contribution in [0.4, 0.5) is 5.95 Å². The average Bonchev–Trinajstić information content (AvgIpc) is 2.78. The molecular formula is C13H11N3OS. The molecule has 2 aromatic carbocycles. The van der Waals surface area contributed by atoms with E-state index in [9.17, 15) is 4.21 Å². The zero-order valence-electron chi connectivity index (χ0n) is 9.46. The number of hydrogen-bond donors (Lipinski definition) is 2. The van der Waals surface area contributed by atoms with E-state index >= 15 is 0 Å². The van der Waals surface area contributed by atoms with Gasteiger partial charge in [0, 0.05) is 9.79 Å². The largest absolute Gasteiger partial charge is 0.369 e. The maximum Gasteiger partial charge on any atom is 0.198 e. The van der Waals surface area contributed by atoms with Crippen LogP contribution in [0.3, 0.4) is 0 Å². The molecule has 0 radical (unpaired) electrons. The van der Waals surface area contributed by atoms with Gasteiger partial charge in [-0.3, -0.25) is 0 Å². The SMILES string of the molecule is Nc1nc2ccc([S@@](=O)c3ccccc3)cc2[nH]1. The van der Waals surface area contributed by atoms with Crippen molar-refractivity contribution < 1.29 is 4.21 Å². The van der Waals surface area contributed by atoms with Crippen LogP contribution in [0.25, 0.3) is 11.0 Å². The average molecular weight is 257 g/mol. The Morgan fingerprint density at radius 1 is 1.06 bits per heavy atom. The molecule has 0 saturated carbocycles. The zero-order chi connectivity index (χ0) is 12.5. The standard InChI is InChI=1S/C13H11N3OS/c14-13-15-11-7-6-10(8-12(11)16-13)18(17)9-4-2-1-3-5-9/h1-8H,(H3,14,15,16)/t18-/m0/s1. The molecule has 3 aromatic rings. The summed E-state index contributed by atoms with van der Waals surface area (Å²) in [5.74, 6) is 0.368. The van der Waals surface area contributed by atoms with Gasteiger partial charge in [0.05, 0.1) is 21.8 Å². The number of aromatic nitrogens is 2. The second-order valence-corrected chi connectivity index (χ2v) is 5.36. The van der Waals surface area contributed by atoms with E-state index in [1.807, 2.05) is 48.5 Å². The summed E-state index contributed by atoms with van der Waals surface area (Å²) < 4.78 is 12.3. The summed E-state index contributed by atoms with van der Waals surface area (Å²) in [4.78, 5) is 8.56. The molecule has 0 bridgehead atoms. The Balaban J connectivity index is 2.06. The van der Waals surface area contributed by atoms with Crippen molar-refractivity contribution in [2.45, 2.75) is 9.79 Å². The van der Waals surface area contributed by atoms with Gasteiger partial charge in [-0.1, -0.05) is 18.2 Å². The Morgan fingerprint density at radius 2 is 1.83 bits per heavy atom. The highest BCUT2D eigenvalue weighted by Crippen LogP contribution is 2.20. The summed E-state index contributed by atoms with van der Waals surface area (Å²) in [5.41, 5.74) is 7.16. The first-order valence-corrected chi connectivity index (χ1v) is 6.61. The van der Waals surface area contributed by atoms with Crippen molar-refractivity contribution in [2.75, 3.05) is 5.73 Å². The molecule has 0 spiro atoms. The Hall–Kier alpha value is -2.14. The summed E-state index contributed by atoms with van der Waals surface area (Å²) in [6.45, 7) is 0. The quantitative estimate of drug-likeness (QED) is 0.740. The molecule has 18 heavy (non-hydrogen) atoms. The monoisotopic (exact) mass is 257 g/mol. The van der Waals surface area contributed by atoms with Gasteiger partial charge >= 0.3 is 0 Å². The van der Waals surface area contributed by atoms with Crippen molar-refractivity contribution in [2.24, 2.45) is 0 Å². The van der Waals surface area contributed by atoms with Crippen molar-refractivity contribution in [1.82, 2.24) is 9.97 Å². The third kappa shape index (κ3) is 1.89.